The zero-order valence-electron chi connectivity index (χ0n) is 16.2. The maximum absolute atomic E-state index is 5.63. The maximum Gasteiger partial charge on any atom is 0.183 e. The molecular weight excluding hydrogens is 294 g/mol. The normalized spacial score (nSPS) is 16.3. The Morgan fingerprint density at radius 3 is 2.04 bits per heavy atom. The van der Waals surface area contributed by atoms with Crippen molar-refractivity contribution in [3.05, 3.63) is 24.8 Å². The fourth-order valence-electron chi connectivity index (χ4n) is 3.05. The molecule has 0 aromatic carbocycles. The molecule has 0 bridgehead atoms. The Morgan fingerprint density at radius 2 is 1.50 bits per heavy atom. The molecule has 0 saturated heterocycles. The minimum absolute atomic E-state index is 0.0111. The quantitative estimate of drug-likeness (QED) is 0.233. The van der Waals surface area contributed by atoms with Crippen LogP contribution in [0.1, 0.15) is 97.3 Å². The topological polar surface area (TPSA) is 21.6 Å². The molecule has 0 unspecified atom stereocenters. The number of hydrogen-bond acceptors (Lipinski definition) is 2. The Morgan fingerprint density at radius 1 is 0.917 bits per heavy atom. The third-order valence-electron chi connectivity index (χ3n) is 4.50. The lowest BCUT2D eigenvalue weighted by Crippen LogP contribution is -2.17. The maximum atomic E-state index is 5.63. The van der Waals surface area contributed by atoms with E-state index in [0.717, 1.165) is 25.3 Å². The largest absolute Gasteiger partial charge is 0.478 e. The van der Waals surface area contributed by atoms with Gasteiger partial charge >= 0.3 is 0 Å². The van der Waals surface area contributed by atoms with E-state index in [1.165, 1.54) is 70.6 Å². The smallest absolute Gasteiger partial charge is 0.183 e. The fourth-order valence-corrected chi connectivity index (χ4v) is 3.05. The van der Waals surface area contributed by atoms with Crippen molar-refractivity contribution in [3.8, 4) is 0 Å². The molecule has 1 aliphatic heterocycles. The summed E-state index contributed by atoms with van der Waals surface area (Å²) in [5.74, 6) is 0.985. The van der Waals surface area contributed by atoms with Gasteiger partial charge in [-0.1, -0.05) is 69.6 Å². The molecule has 0 fully saturated rings. The summed E-state index contributed by atoms with van der Waals surface area (Å²) in [4.78, 5) is 4.61. The van der Waals surface area contributed by atoms with Crippen LogP contribution < -0.4 is 0 Å². The van der Waals surface area contributed by atoms with Gasteiger partial charge in [-0.25, -0.2) is 4.99 Å². The standard InChI is InChI=1S/C22H39NO/c1-4-5-6-7-8-9-10-11-12-13-14-15-16-17-18-19-21-23-22(2,3)20-24-21/h4,6-7H,1,5,8-20H2,2-3H3/b7-6-. The van der Waals surface area contributed by atoms with E-state index in [1.54, 1.807) is 0 Å². The summed E-state index contributed by atoms with van der Waals surface area (Å²) in [7, 11) is 0. The van der Waals surface area contributed by atoms with Gasteiger partial charge in [0.2, 0.25) is 0 Å². The highest BCUT2D eigenvalue weighted by Crippen LogP contribution is 2.20. The second-order valence-electron chi connectivity index (χ2n) is 7.68. The van der Waals surface area contributed by atoms with Crippen molar-refractivity contribution in [3.63, 3.8) is 0 Å². The van der Waals surface area contributed by atoms with Crippen LogP contribution in [0.15, 0.2) is 29.8 Å². The Kier molecular flexibility index (Phi) is 11.6. The van der Waals surface area contributed by atoms with Gasteiger partial charge in [0.1, 0.15) is 6.61 Å². The van der Waals surface area contributed by atoms with Crippen LogP contribution in [0.5, 0.6) is 0 Å². The molecule has 0 atom stereocenters. The van der Waals surface area contributed by atoms with Crippen molar-refractivity contribution >= 4 is 5.90 Å². The van der Waals surface area contributed by atoms with Crippen molar-refractivity contribution in [2.75, 3.05) is 6.61 Å². The number of hydrogen-bond donors (Lipinski definition) is 0. The summed E-state index contributed by atoms with van der Waals surface area (Å²) < 4.78 is 5.63. The SMILES string of the molecule is C=CC/C=C\CCCCCCCCCCCCC1=NC(C)(C)CO1. The first-order valence-corrected chi connectivity index (χ1v) is 10.1. The summed E-state index contributed by atoms with van der Waals surface area (Å²) in [5.41, 5.74) is 0.0111. The van der Waals surface area contributed by atoms with E-state index < -0.39 is 0 Å². The van der Waals surface area contributed by atoms with E-state index in [4.69, 9.17) is 4.74 Å². The molecular formula is C22H39NO. The zero-order chi connectivity index (χ0) is 17.5. The van der Waals surface area contributed by atoms with Gasteiger partial charge in [-0.2, -0.15) is 0 Å². The van der Waals surface area contributed by atoms with E-state index in [1.807, 2.05) is 6.08 Å². The number of rotatable bonds is 15. The van der Waals surface area contributed by atoms with Gasteiger partial charge in [0.05, 0.1) is 5.54 Å². The van der Waals surface area contributed by atoms with Crippen LogP contribution in [0.2, 0.25) is 0 Å². The second kappa shape index (κ2) is 13.3. The van der Waals surface area contributed by atoms with Gasteiger partial charge in [-0.15, -0.1) is 6.58 Å². The van der Waals surface area contributed by atoms with Crippen LogP contribution in [-0.2, 0) is 4.74 Å². The van der Waals surface area contributed by atoms with Crippen LogP contribution in [-0.4, -0.2) is 18.0 Å². The molecule has 0 radical (unpaired) electrons. The fraction of sp³-hybridized carbons (Fsp3) is 0.773. The van der Waals surface area contributed by atoms with Gasteiger partial charge in [-0.3, -0.25) is 0 Å². The molecule has 0 aliphatic carbocycles. The van der Waals surface area contributed by atoms with E-state index in [9.17, 15) is 0 Å². The minimum atomic E-state index is 0.0111. The molecule has 0 aromatic rings. The molecule has 0 spiro atoms. The summed E-state index contributed by atoms with van der Waals surface area (Å²) in [6.45, 7) is 8.76. The molecule has 0 N–H and O–H groups in total. The van der Waals surface area contributed by atoms with Crippen molar-refractivity contribution in [2.24, 2.45) is 4.99 Å². The number of allylic oxidation sites excluding steroid dienone is 3. The van der Waals surface area contributed by atoms with Crippen LogP contribution in [0.25, 0.3) is 0 Å². The summed E-state index contributed by atoms with van der Waals surface area (Å²) >= 11 is 0. The van der Waals surface area contributed by atoms with Gasteiger partial charge in [0.25, 0.3) is 0 Å². The summed E-state index contributed by atoms with van der Waals surface area (Å²) in [5, 5.41) is 0. The van der Waals surface area contributed by atoms with Gasteiger partial charge in [0, 0.05) is 6.42 Å². The summed E-state index contributed by atoms with van der Waals surface area (Å²) in [6.07, 6.45) is 23.4. The van der Waals surface area contributed by atoms with Crippen molar-refractivity contribution in [2.45, 2.75) is 103 Å². The van der Waals surface area contributed by atoms with Crippen LogP contribution >= 0.6 is 0 Å². The Balaban J connectivity index is 1.77. The number of unbranched alkanes of at least 4 members (excludes halogenated alkanes) is 10. The number of nitrogens with zero attached hydrogens (tertiary/aromatic N) is 1. The Hall–Kier alpha value is -1.05. The van der Waals surface area contributed by atoms with Crippen molar-refractivity contribution in [1.82, 2.24) is 0 Å². The first-order valence-electron chi connectivity index (χ1n) is 10.1. The van der Waals surface area contributed by atoms with E-state index in [-0.39, 0.29) is 5.54 Å². The van der Waals surface area contributed by atoms with Crippen molar-refractivity contribution < 1.29 is 4.74 Å². The van der Waals surface area contributed by atoms with Gasteiger partial charge in [0.15, 0.2) is 5.90 Å². The molecule has 1 aliphatic rings. The summed E-state index contributed by atoms with van der Waals surface area (Å²) in [6, 6.07) is 0. The lowest BCUT2D eigenvalue weighted by Gasteiger charge is -2.07. The third-order valence-corrected chi connectivity index (χ3v) is 4.50. The minimum Gasteiger partial charge on any atom is -0.478 e. The van der Waals surface area contributed by atoms with Gasteiger partial charge in [-0.05, 0) is 39.5 Å². The third kappa shape index (κ3) is 11.5. The molecule has 2 heteroatoms. The predicted molar refractivity (Wildman–Crippen MR) is 107 cm³/mol. The lowest BCUT2D eigenvalue weighted by atomic mass is 10.0. The Bertz CT molecular complexity index is 381. The number of ether oxygens (including phenoxy) is 1. The zero-order valence-corrected chi connectivity index (χ0v) is 16.2. The molecule has 138 valence electrons. The molecule has 24 heavy (non-hydrogen) atoms. The monoisotopic (exact) mass is 333 g/mol. The molecule has 1 heterocycles. The van der Waals surface area contributed by atoms with E-state index in [2.05, 4.69) is 37.6 Å². The van der Waals surface area contributed by atoms with Crippen molar-refractivity contribution in [1.29, 1.82) is 0 Å². The molecule has 2 nitrogen and oxygen atoms in total. The molecule has 0 amide bonds. The van der Waals surface area contributed by atoms with E-state index >= 15 is 0 Å². The molecule has 1 rings (SSSR count). The predicted octanol–water partition coefficient (Wildman–Crippen LogP) is 7.01. The first kappa shape index (κ1) is 21.0. The average Bonchev–Trinajstić information content (AvgIpc) is 2.90. The second-order valence-corrected chi connectivity index (χ2v) is 7.68. The molecule has 0 saturated carbocycles. The highest BCUT2D eigenvalue weighted by atomic mass is 16.5. The van der Waals surface area contributed by atoms with Crippen LogP contribution in [0.3, 0.4) is 0 Å². The number of aliphatic imine (C=N–C) groups is 1. The van der Waals surface area contributed by atoms with Crippen LogP contribution in [0.4, 0.5) is 0 Å². The first-order chi connectivity index (χ1) is 11.6. The Labute approximate surface area is 150 Å². The van der Waals surface area contributed by atoms with Crippen LogP contribution in [0, 0.1) is 0 Å². The van der Waals surface area contributed by atoms with E-state index in [0.29, 0.717) is 0 Å². The molecule has 0 aromatic heterocycles. The lowest BCUT2D eigenvalue weighted by molar-refractivity contribution is 0.273. The highest BCUT2D eigenvalue weighted by Gasteiger charge is 2.25. The van der Waals surface area contributed by atoms with Gasteiger partial charge < -0.3 is 4.74 Å². The average molecular weight is 334 g/mol. The highest BCUT2D eigenvalue weighted by molar-refractivity contribution is 5.78.